The van der Waals surface area contributed by atoms with Crippen molar-refractivity contribution >= 4 is 21.9 Å². The van der Waals surface area contributed by atoms with Crippen molar-refractivity contribution in [3.05, 3.63) is 34.1 Å². The van der Waals surface area contributed by atoms with Gasteiger partial charge in [0.2, 0.25) is 0 Å². The molecule has 1 atom stereocenters. The molecule has 1 aromatic carbocycles. The number of aliphatic carboxylic acids is 1. The lowest BCUT2D eigenvalue weighted by molar-refractivity contribution is -0.142. The predicted octanol–water partition coefficient (Wildman–Crippen LogP) is 1.58. The van der Waals surface area contributed by atoms with Gasteiger partial charge >= 0.3 is 5.97 Å². The third kappa shape index (κ3) is 2.71. The molecule has 1 saturated heterocycles. The number of benzene rings is 1. The van der Waals surface area contributed by atoms with Crippen LogP contribution in [0.25, 0.3) is 0 Å². The van der Waals surface area contributed by atoms with Crippen molar-refractivity contribution < 1.29 is 14.3 Å². The molecule has 6 heteroatoms. The molecule has 4 nitrogen and oxygen atoms in total. The zero-order valence-electron chi connectivity index (χ0n) is 9.70. The van der Waals surface area contributed by atoms with Gasteiger partial charge in [0.15, 0.2) is 0 Å². The molecule has 1 fully saturated rings. The zero-order chi connectivity index (χ0) is 13.3. The first-order valence-electron chi connectivity index (χ1n) is 5.59. The third-order valence-electron chi connectivity index (χ3n) is 3.20. The summed E-state index contributed by atoms with van der Waals surface area (Å²) in [5, 5.41) is 9.02. The molecule has 0 saturated carbocycles. The first-order valence-corrected chi connectivity index (χ1v) is 6.38. The molecule has 0 aromatic heterocycles. The maximum atomic E-state index is 13.3. The third-order valence-corrected chi connectivity index (χ3v) is 3.84. The maximum absolute atomic E-state index is 13.3. The fourth-order valence-corrected chi connectivity index (χ4v) is 2.37. The van der Waals surface area contributed by atoms with Crippen molar-refractivity contribution in [2.45, 2.75) is 18.5 Å². The van der Waals surface area contributed by atoms with Crippen molar-refractivity contribution in [1.29, 1.82) is 0 Å². The lowest BCUT2D eigenvalue weighted by Gasteiger charge is -2.20. The molecule has 1 aliphatic heterocycles. The number of carboxylic acid groups (broad SMARTS) is 1. The highest BCUT2D eigenvalue weighted by molar-refractivity contribution is 9.10. The van der Waals surface area contributed by atoms with Crippen molar-refractivity contribution in [2.24, 2.45) is 5.73 Å². The van der Waals surface area contributed by atoms with Crippen molar-refractivity contribution in [3.63, 3.8) is 0 Å². The molecule has 1 aliphatic rings. The highest BCUT2D eigenvalue weighted by atomic mass is 79.9. The summed E-state index contributed by atoms with van der Waals surface area (Å²) in [7, 11) is 0. The van der Waals surface area contributed by atoms with E-state index in [9.17, 15) is 9.18 Å². The Morgan fingerprint density at radius 2 is 2.33 bits per heavy atom. The number of hydrogen-bond acceptors (Lipinski definition) is 3. The van der Waals surface area contributed by atoms with Crippen LogP contribution >= 0.6 is 15.9 Å². The minimum Gasteiger partial charge on any atom is -0.480 e. The predicted molar refractivity (Wildman–Crippen MR) is 68.5 cm³/mol. The van der Waals surface area contributed by atoms with E-state index in [1.165, 1.54) is 6.07 Å². The van der Waals surface area contributed by atoms with Gasteiger partial charge in [-0.05, 0) is 40.0 Å². The van der Waals surface area contributed by atoms with Gasteiger partial charge < -0.3 is 10.8 Å². The summed E-state index contributed by atoms with van der Waals surface area (Å²) in [6.45, 7) is 1.41. The molecule has 0 aliphatic carbocycles. The molecule has 1 unspecified atom stereocenters. The van der Waals surface area contributed by atoms with E-state index >= 15 is 0 Å². The molecule has 1 aromatic rings. The smallest absolute Gasteiger partial charge is 0.325 e. The van der Waals surface area contributed by atoms with Crippen molar-refractivity contribution in [3.8, 4) is 0 Å². The quantitative estimate of drug-likeness (QED) is 0.888. The van der Waals surface area contributed by atoms with Crippen LogP contribution in [0.1, 0.15) is 12.0 Å². The van der Waals surface area contributed by atoms with Gasteiger partial charge in [0, 0.05) is 19.6 Å². The normalized spacial score (nSPS) is 24.4. The topological polar surface area (TPSA) is 66.6 Å². The molecular formula is C12H14BrFN2O2. The average Bonchev–Trinajstić information content (AvgIpc) is 2.67. The number of nitrogens with two attached hydrogens (primary N) is 1. The van der Waals surface area contributed by atoms with Crippen LogP contribution in [0.2, 0.25) is 0 Å². The minimum absolute atomic E-state index is 0.292. The van der Waals surface area contributed by atoms with E-state index in [1.54, 1.807) is 6.07 Å². The summed E-state index contributed by atoms with van der Waals surface area (Å²) >= 11 is 3.09. The van der Waals surface area contributed by atoms with Gasteiger partial charge in [0.05, 0.1) is 4.47 Å². The minimum atomic E-state index is -1.17. The van der Waals surface area contributed by atoms with Crippen LogP contribution in [-0.4, -0.2) is 34.6 Å². The van der Waals surface area contributed by atoms with Crippen LogP contribution in [0.5, 0.6) is 0 Å². The SMILES string of the molecule is NC1(C(=O)O)CCN(Cc2ccc(Br)c(F)c2)C1. The Morgan fingerprint density at radius 1 is 1.61 bits per heavy atom. The van der Waals surface area contributed by atoms with Crippen molar-refractivity contribution in [1.82, 2.24) is 4.90 Å². The standard InChI is InChI=1S/C12H14BrFN2O2/c13-9-2-1-8(5-10(9)14)6-16-4-3-12(15,7-16)11(17)18/h1-2,5H,3-4,6-7,15H2,(H,17,18). The van der Waals surface area contributed by atoms with Crippen LogP contribution in [0.4, 0.5) is 4.39 Å². The molecular weight excluding hydrogens is 303 g/mol. The zero-order valence-corrected chi connectivity index (χ0v) is 11.3. The summed E-state index contributed by atoms with van der Waals surface area (Å²) in [6.07, 6.45) is 0.418. The number of carboxylic acids is 1. The van der Waals surface area contributed by atoms with Crippen LogP contribution in [-0.2, 0) is 11.3 Å². The Balaban J connectivity index is 2.03. The Labute approximate surface area is 113 Å². The van der Waals surface area contributed by atoms with E-state index in [4.69, 9.17) is 10.8 Å². The average molecular weight is 317 g/mol. The maximum Gasteiger partial charge on any atom is 0.325 e. The summed E-state index contributed by atoms with van der Waals surface area (Å²) < 4.78 is 13.8. The lowest BCUT2D eigenvalue weighted by atomic mass is 10.0. The molecule has 3 N–H and O–H groups in total. The fraction of sp³-hybridized carbons (Fsp3) is 0.417. The van der Waals surface area contributed by atoms with Crippen molar-refractivity contribution in [2.75, 3.05) is 13.1 Å². The van der Waals surface area contributed by atoms with Crippen LogP contribution < -0.4 is 5.73 Å². The lowest BCUT2D eigenvalue weighted by Crippen LogP contribution is -2.50. The Kier molecular flexibility index (Phi) is 3.70. The fourth-order valence-electron chi connectivity index (χ4n) is 2.12. The summed E-state index contributed by atoms with van der Waals surface area (Å²) in [6, 6.07) is 4.90. The Hall–Kier alpha value is -0.980. The number of rotatable bonds is 3. The van der Waals surface area contributed by atoms with E-state index in [2.05, 4.69) is 15.9 Å². The Bertz CT molecular complexity index is 483. The second-order valence-corrected chi connectivity index (χ2v) is 5.52. The molecule has 0 amide bonds. The summed E-state index contributed by atoms with van der Waals surface area (Å²) in [5.74, 6) is -1.30. The molecule has 0 spiro atoms. The summed E-state index contributed by atoms with van der Waals surface area (Å²) in [4.78, 5) is 12.9. The van der Waals surface area contributed by atoms with E-state index < -0.39 is 11.5 Å². The molecule has 0 radical (unpaired) electrons. The van der Waals surface area contributed by atoms with E-state index in [-0.39, 0.29) is 5.82 Å². The van der Waals surface area contributed by atoms with Gasteiger partial charge in [-0.25, -0.2) is 4.39 Å². The molecule has 18 heavy (non-hydrogen) atoms. The van der Waals surface area contributed by atoms with Gasteiger partial charge in [0.1, 0.15) is 11.4 Å². The highest BCUT2D eigenvalue weighted by Gasteiger charge is 2.40. The Morgan fingerprint density at radius 3 is 2.89 bits per heavy atom. The van der Waals surface area contributed by atoms with E-state index in [1.807, 2.05) is 11.0 Å². The number of likely N-dealkylation sites (tertiary alicyclic amines) is 1. The van der Waals surface area contributed by atoms with E-state index in [0.29, 0.717) is 30.5 Å². The van der Waals surface area contributed by atoms with Crippen LogP contribution in [0, 0.1) is 5.82 Å². The van der Waals surface area contributed by atoms with Gasteiger partial charge in [0.25, 0.3) is 0 Å². The summed E-state index contributed by atoms with van der Waals surface area (Å²) in [5.41, 5.74) is 5.41. The second kappa shape index (κ2) is 4.95. The first-order chi connectivity index (χ1) is 8.40. The number of hydrogen-bond donors (Lipinski definition) is 2. The number of nitrogens with zero attached hydrogens (tertiary/aromatic N) is 1. The highest BCUT2D eigenvalue weighted by Crippen LogP contribution is 2.22. The second-order valence-electron chi connectivity index (χ2n) is 4.67. The molecule has 0 bridgehead atoms. The largest absolute Gasteiger partial charge is 0.480 e. The van der Waals surface area contributed by atoms with Gasteiger partial charge in [-0.15, -0.1) is 0 Å². The van der Waals surface area contributed by atoms with Gasteiger partial charge in [-0.1, -0.05) is 6.07 Å². The monoisotopic (exact) mass is 316 g/mol. The number of carbonyl (C=O) groups is 1. The molecule has 2 rings (SSSR count). The van der Waals surface area contributed by atoms with Gasteiger partial charge in [-0.2, -0.15) is 0 Å². The molecule has 1 heterocycles. The first kappa shape index (κ1) is 13.5. The van der Waals surface area contributed by atoms with Crippen LogP contribution in [0.3, 0.4) is 0 Å². The number of halogens is 2. The van der Waals surface area contributed by atoms with E-state index in [0.717, 1.165) is 5.56 Å². The molecule has 98 valence electrons. The van der Waals surface area contributed by atoms with Gasteiger partial charge in [-0.3, -0.25) is 9.69 Å². The van der Waals surface area contributed by atoms with Crippen LogP contribution in [0.15, 0.2) is 22.7 Å².